The number of nitrogens with two attached hydrogens (primary N) is 1. The van der Waals surface area contributed by atoms with E-state index in [9.17, 15) is 13.6 Å². The van der Waals surface area contributed by atoms with E-state index in [0.717, 1.165) is 0 Å². The van der Waals surface area contributed by atoms with E-state index in [0.29, 0.717) is 0 Å². The summed E-state index contributed by atoms with van der Waals surface area (Å²) in [5.74, 6) is -1.23. The number of carboxylic acids is 1. The zero-order valence-corrected chi connectivity index (χ0v) is 8.96. The molecule has 1 heterocycles. The van der Waals surface area contributed by atoms with E-state index in [2.05, 4.69) is 20.9 Å². The number of aromatic nitrogens is 1. The number of hydrogen-bond donors (Lipinski definition) is 2. The molecule has 0 atom stereocenters. The monoisotopic (exact) mass is 280 g/mol. The van der Waals surface area contributed by atoms with Crippen molar-refractivity contribution in [1.82, 2.24) is 4.98 Å². The van der Waals surface area contributed by atoms with Gasteiger partial charge in [0.1, 0.15) is 0 Å². The van der Waals surface area contributed by atoms with Crippen LogP contribution in [0.3, 0.4) is 0 Å². The van der Waals surface area contributed by atoms with Gasteiger partial charge in [-0.15, -0.1) is 0 Å². The number of aliphatic carboxylic acids is 1. The van der Waals surface area contributed by atoms with Crippen molar-refractivity contribution in [2.45, 2.75) is 12.8 Å². The standard InChI is InChI=1S/C8H7BrF2N2O2/c9-3-2-13-4(1-5(14)15)6(7(3)12)8(10)11/h2,8H,1H2,(H2,12,13)(H,14,15). The van der Waals surface area contributed by atoms with Gasteiger partial charge < -0.3 is 10.8 Å². The summed E-state index contributed by atoms with van der Waals surface area (Å²) in [5.41, 5.74) is 4.50. The first-order valence-electron chi connectivity index (χ1n) is 3.86. The van der Waals surface area contributed by atoms with Gasteiger partial charge in [0, 0.05) is 6.20 Å². The number of pyridine rings is 1. The Hall–Kier alpha value is -1.24. The molecule has 4 nitrogen and oxygen atoms in total. The van der Waals surface area contributed by atoms with Gasteiger partial charge in [0.15, 0.2) is 0 Å². The molecular weight excluding hydrogens is 274 g/mol. The van der Waals surface area contributed by atoms with Crippen LogP contribution in [-0.4, -0.2) is 16.1 Å². The van der Waals surface area contributed by atoms with Crippen molar-refractivity contribution in [1.29, 1.82) is 0 Å². The van der Waals surface area contributed by atoms with Crippen LogP contribution >= 0.6 is 15.9 Å². The third kappa shape index (κ3) is 2.62. The summed E-state index contributed by atoms with van der Waals surface area (Å²) in [4.78, 5) is 14.0. The minimum atomic E-state index is -2.84. The summed E-state index contributed by atoms with van der Waals surface area (Å²) in [6.07, 6.45) is -2.21. The second kappa shape index (κ2) is 4.52. The van der Waals surface area contributed by atoms with Crippen LogP contribution in [0.25, 0.3) is 0 Å². The molecule has 0 bridgehead atoms. The number of nitrogen functional groups attached to an aromatic ring is 1. The van der Waals surface area contributed by atoms with E-state index >= 15 is 0 Å². The van der Waals surface area contributed by atoms with E-state index in [1.807, 2.05) is 0 Å². The fourth-order valence-corrected chi connectivity index (χ4v) is 1.40. The van der Waals surface area contributed by atoms with Gasteiger partial charge in [0.2, 0.25) is 0 Å². The second-order valence-electron chi connectivity index (χ2n) is 2.75. The van der Waals surface area contributed by atoms with Crippen LogP contribution in [0.1, 0.15) is 17.7 Å². The molecule has 0 aliphatic carbocycles. The lowest BCUT2D eigenvalue weighted by atomic mass is 10.1. The maximum atomic E-state index is 12.6. The van der Waals surface area contributed by atoms with Gasteiger partial charge in [0.25, 0.3) is 6.43 Å². The average molecular weight is 281 g/mol. The van der Waals surface area contributed by atoms with Crippen LogP contribution in [0, 0.1) is 0 Å². The highest BCUT2D eigenvalue weighted by atomic mass is 79.9. The van der Waals surface area contributed by atoms with Crippen LogP contribution in [0.2, 0.25) is 0 Å². The molecule has 0 unspecified atom stereocenters. The van der Waals surface area contributed by atoms with Gasteiger partial charge >= 0.3 is 5.97 Å². The molecule has 0 aliphatic rings. The second-order valence-corrected chi connectivity index (χ2v) is 3.61. The van der Waals surface area contributed by atoms with Crippen molar-refractivity contribution in [2.75, 3.05) is 5.73 Å². The first-order valence-corrected chi connectivity index (χ1v) is 4.65. The molecule has 3 N–H and O–H groups in total. The molecule has 0 saturated carbocycles. The molecule has 0 spiro atoms. The van der Waals surface area contributed by atoms with Gasteiger partial charge in [-0.05, 0) is 15.9 Å². The van der Waals surface area contributed by atoms with Crippen LogP contribution in [0.5, 0.6) is 0 Å². The minimum absolute atomic E-state index is 0.170. The molecule has 0 saturated heterocycles. The topological polar surface area (TPSA) is 76.2 Å². The highest BCUT2D eigenvalue weighted by Gasteiger charge is 2.21. The van der Waals surface area contributed by atoms with Gasteiger partial charge in [0.05, 0.1) is 27.8 Å². The molecule has 1 aromatic rings. The SMILES string of the molecule is Nc1c(Br)cnc(CC(=O)O)c1C(F)F. The fourth-order valence-electron chi connectivity index (χ4n) is 1.09. The van der Waals surface area contributed by atoms with Crippen molar-refractivity contribution in [2.24, 2.45) is 0 Å². The number of nitrogens with zero attached hydrogens (tertiary/aromatic N) is 1. The molecule has 1 aromatic heterocycles. The molecule has 0 amide bonds. The fraction of sp³-hybridized carbons (Fsp3) is 0.250. The molecule has 1 rings (SSSR count). The lowest BCUT2D eigenvalue weighted by molar-refractivity contribution is -0.136. The zero-order chi connectivity index (χ0) is 11.6. The van der Waals surface area contributed by atoms with E-state index < -0.39 is 24.4 Å². The summed E-state index contributed by atoms with van der Waals surface area (Å²) in [5, 5.41) is 8.50. The molecular formula is C8H7BrF2N2O2. The molecule has 15 heavy (non-hydrogen) atoms. The summed E-state index contributed by atoms with van der Waals surface area (Å²) >= 11 is 2.95. The average Bonchev–Trinajstić information content (AvgIpc) is 2.10. The molecule has 0 radical (unpaired) electrons. The largest absolute Gasteiger partial charge is 0.481 e. The van der Waals surface area contributed by atoms with Gasteiger partial charge in [-0.25, -0.2) is 8.78 Å². The van der Waals surface area contributed by atoms with Crippen LogP contribution < -0.4 is 5.73 Å². The van der Waals surface area contributed by atoms with Crippen LogP contribution in [0.4, 0.5) is 14.5 Å². The van der Waals surface area contributed by atoms with Gasteiger partial charge in [-0.1, -0.05) is 0 Å². The Morgan fingerprint density at radius 1 is 1.67 bits per heavy atom. The number of halogens is 3. The number of hydrogen-bond acceptors (Lipinski definition) is 3. The highest BCUT2D eigenvalue weighted by molar-refractivity contribution is 9.10. The Morgan fingerprint density at radius 2 is 2.27 bits per heavy atom. The zero-order valence-electron chi connectivity index (χ0n) is 7.38. The lowest BCUT2D eigenvalue weighted by Gasteiger charge is -2.10. The third-order valence-electron chi connectivity index (χ3n) is 1.73. The number of carbonyl (C=O) groups is 1. The van der Waals surface area contributed by atoms with E-state index in [1.165, 1.54) is 6.20 Å². The maximum Gasteiger partial charge on any atom is 0.309 e. The first-order chi connectivity index (χ1) is 6.93. The smallest absolute Gasteiger partial charge is 0.309 e. The summed E-state index contributed by atoms with van der Waals surface area (Å²) < 4.78 is 25.4. The normalized spacial score (nSPS) is 10.7. The van der Waals surface area contributed by atoms with Crippen LogP contribution in [0.15, 0.2) is 10.7 Å². The molecule has 0 fully saturated rings. The maximum absolute atomic E-state index is 12.6. The third-order valence-corrected chi connectivity index (χ3v) is 2.36. The van der Waals surface area contributed by atoms with E-state index in [-0.39, 0.29) is 15.9 Å². The van der Waals surface area contributed by atoms with Crippen molar-refractivity contribution in [3.63, 3.8) is 0 Å². The van der Waals surface area contributed by atoms with E-state index in [4.69, 9.17) is 10.8 Å². The number of alkyl halides is 2. The molecule has 7 heteroatoms. The van der Waals surface area contributed by atoms with E-state index in [1.54, 1.807) is 0 Å². The van der Waals surface area contributed by atoms with Crippen LogP contribution in [-0.2, 0) is 11.2 Å². The Kier molecular flexibility index (Phi) is 3.57. The lowest BCUT2D eigenvalue weighted by Crippen LogP contribution is -2.09. The predicted molar refractivity (Wildman–Crippen MR) is 52.6 cm³/mol. The van der Waals surface area contributed by atoms with Crippen molar-refractivity contribution >= 4 is 27.6 Å². The highest BCUT2D eigenvalue weighted by Crippen LogP contribution is 2.32. The number of carboxylic acid groups (broad SMARTS) is 1. The Balaban J connectivity index is 3.26. The first kappa shape index (κ1) is 11.8. The number of anilines is 1. The van der Waals surface area contributed by atoms with Crippen molar-refractivity contribution < 1.29 is 18.7 Å². The molecule has 0 aromatic carbocycles. The predicted octanol–water partition coefficient (Wildman–Crippen LogP) is 1.99. The Morgan fingerprint density at radius 3 is 2.73 bits per heavy atom. The van der Waals surface area contributed by atoms with Gasteiger partial charge in [-0.2, -0.15) is 0 Å². The summed E-state index contributed by atoms with van der Waals surface area (Å²) in [7, 11) is 0. The molecule has 82 valence electrons. The summed E-state index contributed by atoms with van der Waals surface area (Å²) in [6.45, 7) is 0. The summed E-state index contributed by atoms with van der Waals surface area (Å²) in [6, 6.07) is 0. The number of rotatable bonds is 3. The van der Waals surface area contributed by atoms with Crippen molar-refractivity contribution in [3.05, 3.63) is 21.9 Å². The Labute approximate surface area is 92.2 Å². The minimum Gasteiger partial charge on any atom is -0.481 e. The molecule has 0 aliphatic heterocycles. The quantitative estimate of drug-likeness (QED) is 0.888. The Bertz CT molecular complexity index is 398. The van der Waals surface area contributed by atoms with Crippen molar-refractivity contribution in [3.8, 4) is 0 Å². The van der Waals surface area contributed by atoms with Gasteiger partial charge in [-0.3, -0.25) is 9.78 Å².